The van der Waals surface area contributed by atoms with E-state index in [1.165, 1.54) is 11.1 Å². The molecule has 13 heavy (non-hydrogen) atoms. The molecule has 1 aromatic carbocycles. The van der Waals surface area contributed by atoms with Gasteiger partial charge in [-0.25, -0.2) is 0 Å². The molecule has 1 saturated carbocycles. The van der Waals surface area contributed by atoms with Gasteiger partial charge in [0.2, 0.25) is 0 Å². The zero-order chi connectivity index (χ0) is 9.47. The maximum atomic E-state index is 10.0. The third-order valence-electron chi connectivity index (χ3n) is 2.94. The minimum Gasteiger partial charge on any atom is -0.385 e. The summed E-state index contributed by atoms with van der Waals surface area (Å²) in [6, 6.07) is 6.41. The van der Waals surface area contributed by atoms with Crippen molar-refractivity contribution in [2.75, 3.05) is 0 Å². The van der Waals surface area contributed by atoms with E-state index in [1.807, 2.05) is 0 Å². The van der Waals surface area contributed by atoms with E-state index >= 15 is 0 Å². The summed E-state index contributed by atoms with van der Waals surface area (Å²) >= 11 is 0. The van der Waals surface area contributed by atoms with Gasteiger partial charge in [-0.3, -0.25) is 0 Å². The molecule has 1 aromatic rings. The highest BCUT2D eigenvalue weighted by atomic mass is 16.3. The Hall–Kier alpha value is -0.820. The molecule has 0 bridgehead atoms. The van der Waals surface area contributed by atoms with Gasteiger partial charge in [0.15, 0.2) is 0 Å². The lowest BCUT2D eigenvalue weighted by Crippen LogP contribution is -2.07. The lowest BCUT2D eigenvalue weighted by atomic mass is 9.98. The molecule has 0 aromatic heterocycles. The van der Waals surface area contributed by atoms with Crippen LogP contribution in [0.25, 0.3) is 0 Å². The second-order valence-electron chi connectivity index (χ2n) is 4.03. The molecule has 0 heterocycles. The van der Waals surface area contributed by atoms with Gasteiger partial charge in [0, 0.05) is 0 Å². The number of hydrogen-bond donors (Lipinski definition) is 1. The average Bonchev–Trinajstić information content (AvgIpc) is 2.86. The molecule has 0 atom stereocenters. The van der Waals surface area contributed by atoms with Crippen LogP contribution < -0.4 is 0 Å². The number of benzene rings is 1. The third-order valence-corrected chi connectivity index (χ3v) is 2.94. The van der Waals surface area contributed by atoms with Crippen molar-refractivity contribution in [2.45, 2.75) is 38.7 Å². The normalized spacial score (nSPS) is 18.7. The van der Waals surface area contributed by atoms with Gasteiger partial charge in [-0.15, -0.1) is 0 Å². The Kier molecular flexibility index (Phi) is 1.92. The highest BCUT2D eigenvalue weighted by Gasteiger charge is 2.42. The Labute approximate surface area is 79.4 Å². The highest BCUT2D eigenvalue weighted by Crippen LogP contribution is 2.46. The van der Waals surface area contributed by atoms with Crippen LogP contribution in [0, 0.1) is 6.92 Å². The molecule has 2 rings (SSSR count). The van der Waals surface area contributed by atoms with E-state index < -0.39 is 5.60 Å². The van der Waals surface area contributed by atoms with E-state index in [4.69, 9.17) is 0 Å². The van der Waals surface area contributed by atoms with Crippen LogP contribution >= 0.6 is 0 Å². The van der Waals surface area contributed by atoms with Gasteiger partial charge in [0.1, 0.15) is 0 Å². The molecular weight excluding hydrogens is 160 g/mol. The largest absolute Gasteiger partial charge is 0.385 e. The van der Waals surface area contributed by atoms with Crippen molar-refractivity contribution >= 4 is 0 Å². The SMILES string of the molecule is CCc1ccc(C)c(C2(O)CC2)c1. The topological polar surface area (TPSA) is 20.2 Å². The fourth-order valence-electron chi connectivity index (χ4n) is 1.78. The van der Waals surface area contributed by atoms with Gasteiger partial charge in [0.25, 0.3) is 0 Å². The molecule has 1 heteroatoms. The lowest BCUT2D eigenvalue weighted by Gasteiger charge is -2.12. The standard InChI is InChI=1S/C12H16O/c1-3-10-5-4-9(2)11(8-10)12(13)6-7-12/h4-5,8,13H,3,6-7H2,1-2H3. The predicted molar refractivity (Wildman–Crippen MR) is 53.7 cm³/mol. The summed E-state index contributed by atoms with van der Waals surface area (Å²) < 4.78 is 0. The smallest absolute Gasteiger partial charge is 0.0901 e. The lowest BCUT2D eigenvalue weighted by molar-refractivity contribution is 0.150. The van der Waals surface area contributed by atoms with E-state index in [9.17, 15) is 5.11 Å². The molecular formula is C12H16O. The Morgan fingerprint density at radius 3 is 2.62 bits per heavy atom. The maximum Gasteiger partial charge on any atom is 0.0901 e. The Morgan fingerprint density at radius 1 is 1.38 bits per heavy atom. The van der Waals surface area contributed by atoms with Gasteiger partial charge in [0.05, 0.1) is 5.60 Å². The third kappa shape index (κ3) is 1.49. The summed E-state index contributed by atoms with van der Waals surface area (Å²) in [5.74, 6) is 0. The van der Waals surface area contributed by atoms with Crippen molar-refractivity contribution in [1.29, 1.82) is 0 Å². The van der Waals surface area contributed by atoms with Crippen LogP contribution in [0.4, 0.5) is 0 Å². The summed E-state index contributed by atoms with van der Waals surface area (Å²) in [4.78, 5) is 0. The van der Waals surface area contributed by atoms with Crippen molar-refractivity contribution in [2.24, 2.45) is 0 Å². The summed E-state index contributed by atoms with van der Waals surface area (Å²) in [6.45, 7) is 4.22. The van der Waals surface area contributed by atoms with E-state index in [0.717, 1.165) is 24.8 Å². The van der Waals surface area contributed by atoms with Gasteiger partial charge in [-0.2, -0.15) is 0 Å². The monoisotopic (exact) mass is 176 g/mol. The predicted octanol–water partition coefficient (Wildman–Crippen LogP) is 2.54. The first-order valence-electron chi connectivity index (χ1n) is 4.98. The van der Waals surface area contributed by atoms with Crippen LogP contribution in [0.2, 0.25) is 0 Å². The van der Waals surface area contributed by atoms with Crippen LogP contribution in [0.3, 0.4) is 0 Å². The van der Waals surface area contributed by atoms with Crippen LogP contribution in [-0.2, 0) is 12.0 Å². The molecule has 1 N–H and O–H groups in total. The van der Waals surface area contributed by atoms with Crippen LogP contribution in [0.5, 0.6) is 0 Å². The van der Waals surface area contributed by atoms with E-state index in [-0.39, 0.29) is 0 Å². The molecule has 1 nitrogen and oxygen atoms in total. The molecule has 0 saturated heterocycles. The van der Waals surface area contributed by atoms with Gasteiger partial charge >= 0.3 is 0 Å². The van der Waals surface area contributed by atoms with Gasteiger partial charge < -0.3 is 5.11 Å². The summed E-state index contributed by atoms with van der Waals surface area (Å²) in [5.41, 5.74) is 3.21. The minimum absolute atomic E-state index is 0.477. The quantitative estimate of drug-likeness (QED) is 0.734. The molecule has 0 spiro atoms. The molecule has 1 fully saturated rings. The van der Waals surface area contributed by atoms with E-state index in [2.05, 4.69) is 32.0 Å². The number of aryl methyl sites for hydroxylation is 2. The zero-order valence-electron chi connectivity index (χ0n) is 8.30. The maximum absolute atomic E-state index is 10.0. The summed E-state index contributed by atoms with van der Waals surface area (Å²) in [7, 11) is 0. The first-order chi connectivity index (χ1) is 6.15. The first-order valence-corrected chi connectivity index (χ1v) is 4.98. The minimum atomic E-state index is -0.477. The van der Waals surface area contributed by atoms with Crippen LogP contribution in [0.1, 0.15) is 36.5 Å². The summed E-state index contributed by atoms with van der Waals surface area (Å²) in [5, 5.41) is 10.0. The Balaban J connectivity index is 2.43. The number of rotatable bonds is 2. The Bertz CT molecular complexity index is 324. The van der Waals surface area contributed by atoms with Crippen molar-refractivity contribution < 1.29 is 5.11 Å². The molecule has 0 unspecified atom stereocenters. The second kappa shape index (κ2) is 2.85. The van der Waals surface area contributed by atoms with Gasteiger partial charge in [-0.1, -0.05) is 25.1 Å². The second-order valence-corrected chi connectivity index (χ2v) is 4.03. The number of hydrogen-bond acceptors (Lipinski definition) is 1. The van der Waals surface area contributed by atoms with Gasteiger partial charge in [-0.05, 0) is 42.9 Å². The van der Waals surface area contributed by atoms with Crippen LogP contribution in [-0.4, -0.2) is 5.11 Å². The molecule has 1 aliphatic carbocycles. The average molecular weight is 176 g/mol. The van der Waals surface area contributed by atoms with Crippen molar-refractivity contribution in [3.63, 3.8) is 0 Å². The molecule has 0 aliphatic heterocycles. The van der Waals surface area contributed by atoms with Crippen molar-refractivity contribution in [3.05, 3.63) is 34.9 Å². The van der Waals surface area contributed by atoms with E-state index in [0.29, 0.717) is 0 Å². The molecule has 0 radical (unpaired) electrons. The zero-order valence-corrected chi connectivity index (χ0v) is 8.30. The molecule has 0 amide bonds. The first kappa shape index (κ1) is 8.76. The van der Waals surface area contributed by atoms with Crippen molar-refractivity contribution in [3.8, 4) is 0 Å². The van der Waals surface area contributed by atoms with Crippen LogP contribution in [0.15, 0.2) is 18.2 Å². The fourth-order valence-corrected chi connectivity index (χ4v) is 1.78. The van der Waals surface area contributed by atoms with Crippen molar-refractivity contribution in [1.82, 2.24) is 0 Å². The molecule has 70 valence electrons. The van der Waals surface area contributed by atoms with E-state index in [1.54, 1.807) is 0 Å². The fraction of sp³-hybridized carbons (Fsp3) is 0.500. The molecule has 1 aliphatic rings. The Morgan fingerprint density at radius 2 is 2.08 bits per heavy atom. The number of aliphatic hydroxyl groups is 1. The summed E-state index contributed by atoms with van der Waals surface area (Å²) in [6.07, 6.45) is 2.91. The highest BCUT2D eigenvalue weighted by molar-refractivity contribution is 5.38.